The highest BCUT2D eigenvalue weighted by Gasteiger charge is 2.11. The first kappa shape index (κ1) is 16.6. The third kappa shape index (κ3) is 4.88. The molecule has 5 heteroatoms. The van der Waals surface area contributed by atoms with Gasteiger partial charge in [-0.25, -0.2) is 4.98 Å². The Morgan fingerprint density at radius 1 is 1.36 bits per heavy atom. The molecule has 0 unspecified atom stereocenters. The van der Waals surface area contributed by atoms with Gasteiger partial charge in [-0.2, -0.15) is 0 Å². The lowest BCUT2D eigenvalue weighted by Gasteiger charge is -2.06. The predicted octanol–water partition coefficient (Wildman–Crippen LogP) is 4.09. The molecule has 0 saturated carbocycles. The van der Waals surface area contributed by atoms with E-state index < -0.39 is 0 Å². The molecule has 1 heterocycles. The molecule has 2 rings (SSSR count). The Morgan fingerprint density at radius 2 is 2.14 bits per heavy atom. The van der Waals surface area contributed by atoms with Crippen molar-refractivity contribution in [1.29, 1.82) is 0 Å². The molecule has 0 bridgehead atoms. The zero-order valence-corrected chi connectivity index (χ0v) is 13.7. The largest absolute Gasteiger partial charge is 0.441 e. The van der Waals surface area contributed by atoms with Gasteiger partial charge in [0.15, 0.2) is 11.7 Å². The molecule has 0 aliphatic heterocycles. The number of hydrogen-bond acceptors (Lipinski definition) is 3. The predicted molar refractivity (Wildman–Crippen MR) is 87.7 cm³/mol. The highest BCUT2D eigenvalue weighted by atomic mass is 35.5. The molecule has 0 saturated heterocycles. The number of aromatic nitrogens is 1. The highest BCUT2D eigenvalue weighted by Crippen LogP contribution is 2.28. The van der Waals surface area contributed by atoms with Crippen LogP contribution in [0.25, 0.3) is 11.3 Å². The summed E-state index contributed by atoms with van der Waals surface area (Å²) in [6, 6.07) is 7.45. The second-order valence-corrected chi connectivity index (χ2v) is 6.04. The molecule has 1 amide bonds. The number of nitrogens with zero attached hydrogens (tertiary/aromatic N) is 1. The second-order valence-electron chi connectivity index (χ2n) is 5.63. The van der Waals surface area contributed by atoms with Crippen molar-refractivity contribution in [3.8, 4) is 11.3 Å². The number of amides is 1. The summed E-state index contributed by atoms with van der Waals surface area (Å²) in [7, 11) is 0. The number of nitrogens with one attached hydrogen (secondary N) is 1. The molecule has 2 aromatic rings. The number of benzene rings is 1. The van der Waals surface area contributed by atoms with Gasteiger partial charge in [-0.3, -0.25) is 4.79 Å². The maximum atomic E-state index is 11.7. The highest BCUT2D eigenvalue weighted by molar-refractivity contribution is 6.33. The monoisotopic (exact) mass is 320 g/mol. The number of carbonyl (C=O) groups is 1. The summed E-state index contributed by atoms with van der Waals surface area (Å²) in [5, 5.41) is 3.52. The summed E-state index contributed by atoms with van der Waals surface area (Å²) >= 11 is 6.13. The third-order valence-electron chi connectivity index (χ3n) is 3.30. The Morgan fingerprint density at radius 3 is 2.86 bits per heavy atom. The van der Waals surface area contributed by atoms with Gasteiger partial charge in [0.05, 0.1) is 11.2 Å². The van der Waals surface area contributed by atoms with Crippen LogP contribution >= 0.6 is 11.6 Å². The minimum absolute atomic E-state index is 0.0261. The van der Waals surface area contributed by atoms with E-state index in [2.05, 4.69) is 24.1 Å². The van der Waals surface area contributed by atoms with E-state index in [1.807, 2.05) is 18.2 Å². The van der Waals surface area contributed by atoms with Crippen LogP contribution < -0.4 is 5.32 Å². The lowest BCUT2D eigenvalue weighted by atomic mass is 10.1. The number of rotatable bonds is 7. The van der Waals surface area contributed by atoms with Crippen LogP contribution in [0.1, 0.15) is 32.6 Å². The van der Waals surface area contributed by atoms with Crippen molar-refractivity contribution in [1.82, 2.24) is 10.3 Å². The Balaban J connectivity index is 1.85. The Bertz CT molecular complexity index is 623. The average Bonchev–Trinajstić information content (AvgIpc) is 2.94. The van der Waals surface area contributed by atoms with Gasteiger partial charge in [0.25, 0.3) is 0 Å². The molecular weight excluding hydrogens is 300 g/mol. The minimum atomic E-state index is 0.0261. The van der Waals surface area contributed by atoms with Crippen molar-refractivity contribution in [2.45, 2.75) is 33.1 Å². The van der Waals surface area contributed by atoms with Crippen molar-refractivity contribution in [3.63, 3.8) is 0 Å². The van der Waals surface area contributed by atoms with E-state index in [4.69, 9.17) is 16.0 Å². The van der Waals surface area contributed by atoms with Crippen molar-refractivity contribution in [2.75, 3.05) is 6.54 Å². The molecule has 118 valence electrons. The van der Waals surface area contributed by atoms with Gasteiger partial charge in [0, 0.05) is 24.9 Å². The van der Waals surface area contributed by atoms with Crippen LogP contribution in [0.4, 0.5) is 0 Å². The Hall–Kier alpha value is -1.81. The molecule has 4 nitrogen and oxygen atoms in total. The van der Waals surface area contributed by atoms with Gasteiger partial charge in [0.1, 0.15) is 0 Å². The summed E-state index contributed by atoms with van der Waals surface area (Å²) in [4.78, 5) is 15.9. The van der Waals surface area contributed by atoms with E-state index in [1.54, 1.807) is 12.3 Å². The molecule has 0 atom stereocenters. The number of hydrogen-bond donors (Lipinski definition) is 1. The van der Waals surface area contributed by atoms with Gasteiger partial charge in [0.2, 0.25) is 5.91 Å². The van der Waals surface area contributed by atoms with Crippen LogP contribution in [0.15, 0.2) is 34.9 Å². The van der Waals surface area contributed by atoms with Crippen LogP contribution in [0.2, 0.25) is 5.02 Å². The van der Waals surface area contributed by atoms with Crippen LogP contribution in [-0.2, 0) is 11.2 Å². The summed E-state index contributed by atoms with van der Waals surface area (Å²) in [6.07, 6.45) is 3.49. The molecule has 0 aliphatic carbocycles. The van der Waals surface area contributed by atoms with Crippen molar-refractivity contribution < 1.29 is 9.21 Å². The average molecular weight is 321 g/mol. The number of carbonyl (C=O) groups excluding carboxylic acids is 1. The van der Waals surface area contributed by atoms with Crippen LogP contribution in [0.5, 0.6) is 0 Å². The topological polar surface area (TPSA) is 55.1 Å². The van der Waals surface area contributed by atoms with Gasteiger partial charge in [-0.15, -0.1) is 0 Å². The first-order valence-electron chi connectivity index (χ1n) is 7.52. The maximum absolute atomic E-state index is 11.7. The first-order chi connectivity index (χ1) is 10.6. The molecule has 22 heavy (non-hydrogen) atoms. The minimum Gasteiger partial charge on any atom is -0.441 e. The Labute approximate surface area is 135 Å². The zero-order valence-electron chi connectivity index (χ0n) is 12.9. The van der Waals surface area contributed by atoms with E-state index in [-0.39, 0.29) is 5.91 Å². The first-order valence-corrected chi connectivity index (χ1v) is 7.90. The third-order valence-corrected chi connectivity index (χ3v) is 3.63. The number of oxazole rings is 1. The lowest BCUT2D eigenvalue weighted by Crippen LogP contribution is -2.25. The van der Waals surface area contributed by atoms with Crippen molar-refractivity contribution in [2.24, 2.45) is 5.92 Å². The molecule has 1 N–H and O–H groups in total. The molecule has 0 fully saturated rings. The summed E-state index contributed by atoms with van der Waals surface area (Å²) in [5.41, 5.74) is 0.810. The van der Waals surface area contributed by atoms with E-state index >= 15 is 0 Å². The molecule has 1 aromatic heterocycles. The van der Waals surface area contributed by atoms with Gasteiger partial charge in [-0.05, 0) is 24.5 Å². The molecule has 1 aromatic carbocycles. The number of aryl methyl sites for hydroxylation is 1. The fourth-order valence-corrected chi connectivity index (χ4v) is 2.25. The summed E-state index contributed by atoms with van der Waals surface area (Å²) in [6.45, 7) is 4.98. The quantitative estimate of drug-likeness (QED) is 0.836. The lowest BCUT2D eigenvalue weighted by molar-refractivity contribution is -0.121. The smallest absolute Gasteiger partial charge is 0.220 e. The SMILES string of the molecule is CC(C)CCNC(=O)CCc1ncc(-c2ccccc2Cl)o1. The summed E-state index contributed by atoms with van der Waals surface area (Å²) in [5.74, 6) is 1.79. The normalized spacial score (nSPS) is 10.9. The number of halogens is 1. The van der Waals surface area contributed by atoms with Crippen LogP contribution in [0.3, 0.4) is 0 Å². The zero-order chi connectivity index (χ0) is 15.9. The van der Waals surface area contributed by atoms with Crippen LogP contribution in [0, 0.1) is 5.92 Å². The van der Waals surface area contributed by atoms with Crippen molar-refractivity contribution >= 4 is 17.5 Å². The maximum Gasteiger partial charge on any atom is 0.220 e. The molecule has 0 radical (unpaired) electrons. The fraction of sp³-hybridized carbons (Fsp3) is 0.412. The van der Waals surface area contributed by atoms with Crippen molar-refractivity contribution in [3.05, 3.63) is 41.4 Å². The van der Waals surface area contributed by atoms with Gasteiger partial charge < -0.3 is 9.73 Å². The molecule has 0 spiro atoms. The second kappa shape index (κ2) is 7.99. The van der Waals surface area contributed by atoms with Gasteiger partial charge >= 0.3 is 0 Å². The molecular formula is C17H21ClN2O2. The van der Waals surface area contributed by atoms with E-state index in [0.29, 0.717) is 42.0 Å². The van der Waals surface area contributed by atoms with E-state index in [1.165, 1.54) is 0 Å². The molecule has 0 aliphatic rings. The van der Waals surface area contributed by atoms with Crippen LogP contribution in [-0.4, -0.2) is 17.4 Å². The fourth-order valence-electron chi connectivity index (χ4n) is 2.02. The Kier molecular flexibility index (Phi) is 6.01. The van der Waals surface area contributed by atoms with Gasteiger partial charge in [-0.1, -0.05) is 37.6 Å². The van der Waals surface area contributed by atoms with E-state index in [0.717, 1.165) is 12.0 Å². The summed E-state index contributed by atoms with van der Waals surface area (Å²) < 4.78 is 5.67. The standard InChI is InChI=1S/C17H21ClN2O2/c1-12(2)9-10-19-16(21)7-8-17-20-11-15(22-17)13-5-3-4-6-14(13)18/h3-6,11-12H,7-10H2,1-2H3,(H,19,21). The van der Waals surface area contributed by atoms with E-state index in [9.17, 15) is 4.79 Å².